The van der Waals surface area contributed by atoms with Crippen LogP contribution >= 0.6 is 0 Å². The molecule has 0 N–H and O–H groups in total. The molecule has 60 heavy (non-hydrogen) atoms. The number of para-hydroxylation sites is 4. The number of fused-ring (bicyclic) bond motifs is 7. The van der Waals surface area contributed by atoms with Crippen molar-refractivity contribution in [1.29, 1.82) is 0 Å². The second kappa shape index (κ2) is 13.8. The lowest BCUT2D eigenvalue weighted by molar-refractivity contribution is 0.669. The largest absolute Gasteiger partial charge is 0.455 e. The van der Waals surface area contributed by atoms with Crippen LogP contribution in [-0.4, -0.2) is 9.97 Å². The van der Waals surface area contributed by atoms with E-state index in [0.717, 1.165) is 116 Å². The third kappa shape index (κ3) is 5.46. The Kier molecular flexibility index (Phi) is 7.82. The lowest BCUT2D eigenvalue weighted by Crippen LogP contribution is -2.00. The predicted molar refractivity (Wildman–Crippen MR) is 247 cm³/mol. The molecule has 9 aromatic carbocycles. The van der Waals surface area contributed by atoms with Gasteiger partial charge in [-0.2, -0.15) is 0 Å². The molecular formula is C56H34N2O2. The Morgan fingerprint density at radius 3 is 1.35 bits per heavy atom. The van der Waals surface area contributed by atoms with Crippen LogP contribution in [0.15, 0.2) is 215 Å². The van der Waals surface area contributed by atoms with Gasteiger partial charge in [0.1, 0.15) is 22.3 Å². The van der Waals surface area contributed by atoms with Crippen LogP contribution in [0, 0.1) is 0 Å². The van der Waals surface area contributed by atoms with Crippen LogP contribution in [0.3, 0.4) is 0 Å². The Labute approximate surface area is 345 Å². The summed E-state index contributed by atoms with van der Waals surface area (Å²) in [7, 11) is 0. The van der Waals surface area contributed by atoms with Gasteiger partial charge < -0.3 is 8.83 Å². The van der Waals surface area contributed by atoms with E-state index in [1.54, 1.807) is 0 Å². The van der Waals surface area contributed by atoms with Crippen LogP contribution in [-0.2, 0) is 0 Å². The Bertz CT molecular complexity index is 3470. The number of benzene rings is 9. The second-order valence-electron chi connectivity index (χ2n) is 15.2. The highest BCUT2D eigenvalue weighted by Crippen LogP contribution is 2.47. The van der Waals surface area contributed by atoms with Crippen molar-refractivity contribution in [2.45, 2.75) is 0 Å². The van der Waals surface area contributed by atoms with Gasteiger partial charge >= 0.3 is 0 Å². The molecule has 4 nitrogen and oxygen atoms in total. The maximum Gasteiger partial charge on any atom is 0.161 e. The number of rotatable bonds is 6. The van der Waals surface area contributed by atoms with Crippen LogP contribution in [0.5, 0.6) is 0 Å². The first-order valence-electron chi connectivity index (χ1n) is 20.2. The molecule has 3 aromatic heterocycles. The highest BCUT2D eigenvalue weighted by molar-refractivity contribution is 6.12. The Balaban J connectivity index is 1.22. The monoisotopic (exact) mass is 766 g/mol. The molecule has 4 heteroatoms. The first kappa shape index (κ1) is 34.0. The van der Waals surface area contributed by atoms with Gasteiger partial charge in [0.15, 0.2) is 5.82 Å². The number of aromatic nitrogens is 2. The van der Waals surface area contributed by atoms with Crippen molar-refractivity contribution in [2.75, 3.05) is 0 Å². The maximum absolute atomic E-state index is 6.66. The van der Waals surface area contributed by atoms with Gasteiger partial charge in [-0.25, -0.2) is 9.97 Å². The average Bonchev–Trinajstić information content (AvgIpc) is 3.90. The summed E-state index contributed by atoms with van der Waals surface area (Å²) in [4.78, 5) is 11.2. The molecule has 0 radical (unpaired) electrons. The molecule has 3 heterocycles. The summed E-state index contributed by atoms with van der Waals surface area (Å²) in [6.45, 7) is 0. The third-order valence-corrected chi connectivity index (χ3v) is 11.7. The lowest BCUT2D eigenvalue weighted by atomic mass is 9.84. The summed E-state index contributed by atoms with van der Waals surface area (Å²) in [6.07, 6.45) is 0. The van der Waals surface area contributed by atoms with Gasteiger partial charge in [-0.1, -0.05) is 176 Å². The summed E-state index contributed by atoms with van der Waals surface area (Å²) in [5, 5.41) is 6.53. The van der Waals surface area contributed by atoms with E-state index in [-0.39, 0.29) is 0 Å². The molecule has 0 aliphatic carbocycles. The molecule has 0 bridgehead atoms. The van der Waals surface area contributed by atoms with Gasteiger partial charge in [-0.3, -0.25) is 0 Å². The van der Waals surface area contributed by atoms with Crippen LogP contribution in [0.4, 0.5) is 0 Å². The van der Waals surface area contributed by atoms with Crippen molar-refractivity contribution < 1.29 is 8.83 Å². The van der Waals surface area contributed by atoms with E-state index in [1.807, 2.05) is 24.3 Å². The smallest absolute Gasteiger partial charge is 0.161 e. The number of hydrogen-bond donors (Lipinski definition) is 0. The summed E-state index contributed by atoms with van der Waals surface area (Å²) in [5.41, 5.74) is 14.0. The molecule has 0 saturated heterocycles. The molecule has 12 rings (SSSR count). The molecule has 280 valence electrons. The fourth-order valence-electron chi connectivity index (χ4n) is 9.01. The molecule has 0 unspecified atom stereocenters. The van der Waals surface area contributed by atoms with E-state index in [4.69, 9.17) is 18.8 Å². The van der Waals surface area contributed by atoms with Crippen molar-refractivity contribution in [3.63, 3.8) is 0 Å². The predicted octanol–water partition coefficient (Wildman–Crippen LogP) is 15.4. The average molecular weight is 767 g/mol. The fourth-order valence-corrected chi connectivity index (χ4v) is 9.01. The molecule has 0 saturated carbocycles. The summed E-state index contributed by atoms with van der Waals surface area (Å²) >= 11 is 0. The van der Waals surface area contributed by atoms with Crippen molar-refractivity contribution in [3.05, 3.63) is 206 Å². The highest BCUT2D eigenvalue weighted by atomic mass is 16.3. The number of hydrogen-bond acceptors (Lipinski definition) is 4. The molecule has 0 aliphatic rings. The second-order valence-corrected chi connectivity index (χ2v) is 15.2. The molecule has 0 fully saturated rings. The topological polar surface area (TPSA) is 52.1 Å². The van der Waals surface area contributed by atoms with Crippen LogP contribution in [0.1, 0.15) is 0 Å². The van der Waals surface area contributed by atoms with Crippen molar-refractivity contribution in [3.8, 4) is 67.3 Å². The van der Waals surface area contributed by atoms with Gasteiger partial charge in [0.25, 0.3) is 0 Å². The summed E-state index contributed by atoms with van der Waals surface area (Å²) in [5.74, 6) is 0.602. The molecular weight excluding hydrogens is 733 g/mol. The minimum absolute atomic E-state index is 0.602. The Morgan fingerprint density at radius 2 is 0.750 bits per heavy atom. The fraction of sp³-hybridized carbons (Fsp3) is 0. The van der Waals surface area contributed by atoms with Crippen LogP contribution < -0.4 is 0 Å². The molecule has 0 atom stereocenters. The minimum atomic E-state index is 0.602. The van der Waals surface area contributed by atoms with Gasteiger partial charge in [0, 0.05) is 38.2 Å². The summed E-state index contributed by atoms with van der Waals surface area (Å²) in [6, 6.07) is 72.0. The van der Waals surface area contributed by atoms with Crippen molar-refractivity contribution in [2.24, 2.45) is 0 Å². The highest BCUT2D eigenvalue weighted by Gasteiger charge is 2.24. The Hall–Kier alpha value is -8.08. The molecule has 0 aliphatic heterocycles. The zero-order chi connectivity index (χ0) is 39.6. The molecule has 12 aromatic rings. The normalized spacial score (nSPS) is 11.7. The minimum Gasteiger partial charge on any atom is -0.455 e. The Morgan fingerprint density at radius 1 is 0.300 bits per heavy atom. The van der Waals surface area contributed by atoms with Gasteiger partial charge in [-0.15, -0.1) is 0 Å². The van der Waals surface area contributed by atoms with E-state index in [9.17, 15) is 0 Å². The van der Waals surface area contributed by atoms with E-state index in [1.165, 1.54) is 0 Å². The van der Waals surface area contributed by atoms with E-state index in [0.29, 0.717) is 5.82 Å². The van der Waals surface area contributed by atoms with Crippen molar-refractivity contribution in [1.82, 2.24) is 9.97 Å². The SMILES string of the molecule is c1ccc(-c2cccc(-c3c(-c4ccccc4)ccc4ccccc34)c2-c2nc(-c3cccc4c3oc3ccccc34)cc(-c3cccc4c3oc3ccccc34)n2)cc1. The lowest BCUT2D eigenvalue weighted by Gasteiger charge is -2.20. The quantitative estimate of drug-likeness (QED) is 0.169. The van der Waals surface area contributed by atoms with E-state index < -0.39 is 0 Å². The van der Waals surface area contributed by atoms with E-state index >= 15 is 0 Å². The van der Waals surface area contributed by atoms with E-state index in [2.05, 4.69) is 182 Å². The zero-order valence-corrected chi connectivity index (χ0v) is 32.3. The zero-order valence-electron chi connectivity index (χ0n) is 32.3. The molecule has 0 amide bonds. The third-order valence-electron chi connectivity index (χ3n) is 11.7. The first-order chi connectivity index (χ1) is 29.8. The van der Waals surface area contributed by atoms with Crippen molar-refractivity contribution >= 4 is 54.6 Å². The van der Waals surface area contributed by atoms with Gasteiger partial charge in [-0.05, 0) is 74.5 Å². The van der Waals surface area contributed by atoms with Gasteiger partial charge in [0.05, 0.1) is 11.4 Å². The number of nitrogens with zero attached hydrogens (tertiary/aromatic N) is 2. The molecule has 0 spiro atoms. The summed E-state index contributed by atoms with van der Waals surface area (Å²) < 4.78 is 13.3. The van der Waals surface area contributed by atoms with Crippen LogP contribution in [0.25, 0.3) is 122 Å². The van der Waals surface area contributed by atoms with Crippen LogP contribution in [0.2, 0.25) is 0 Å². The standard InChI is InChI=1S/C56H34N2O2/c1-3-16-35(17-4-1)39-24-13-29-47(52-38-21-8-7-20-37(38)32-33-40(52)36-18-5-2-6-19-36)53(39)56-57-48(45-27-14-25-43-41-22-9-11-30-50(41)59-54(43)45)34-49(58-56)46-28-15-26-44-42-23-10-12-31-51(42)60-55(44)46/h1-34H. The van der Waals surface area contributed by atoms with Gasteiger partial charge in [0.2, 0.25) is 0 Å². The maximum atomic E-state index is 6.66. The number of furan rings is 2. The first-order valence-corrected chi connectivity index (χ1v) is 20.2.